The number of nitrogens with zero attached hydrogens (tertiary/aromatic N) is 3. The largest absolute Gasteiger partial charge is 0.375 e. The molecule has 3 saturated heterocycles. The fraction of sp³-hybridized carbons (Fsp3) is 0.625. The molecule has 0 aliphatic carbocycles. The first-order valence-corrected chi connectivity index (χ1v) is 12.1. The summed E-state index contributed by atoms with van der Waals surface area (Å²) in [7, 11) is 1.76. The number of rotatable bonds is 5. The number of imide groups is 1. The molecule has 35 heavy (non-hydrogen) atoms. The van der Waals surface area contributed by atoms with Gasteiger partial charge < -0.3 is 10.1 Å². The lowest BCUT2D eigenvalue weighted by Crippen LogP contribution is -2.44. The molecule has 1 aromatic heterocycles. The third-order valence-electron chi connectivity index (χ3n) is 7.31. The minimum Gasteiger partial charge on any atom is -0.375 e. The van der Waals surface area contributed by atoms with Gasteiger partial charge in [-0.2, -0.15) is 0 Å². The number of aromatic nitrogens is 2. The van der Waals surface area contributed by atoms with E-state index in [2.05, 4.69) is 21.6 Å². The summed E-state index contributed by atoms with van der Waals surface area (Å²) in [5.74, 6) is -0.681. The number of piperidine rings is 3. The Labute approximate surface area is 217 Å². The molecule has 11 heteroatoms. The summed E-state index contributed by atoms with van der Waals surface area (Å²) in [6.07, 6.45) is 5.55. The number of para-hydroxylation sites is 1. The maximum Gasteiger partial charge on any atom is 0.329 e. The van der Waals surface area contributed by atoms with E-state index in [4.69, 9.17) is 4.74 Å². The summed E-state index contributed by atoms with van der Waals surface area (Å²) in [6.45, 7) is 4.78. The number of nitrogens with one attached hydrogen (secondary N) is 2. The van der Waals surface area contributed by atoms with Crippen molar-refractivity contribution in [2.24, 2.45) is 7.05 Å². The third-order valence-corrected chi connectivity index (χ3v) is 7.31. The molecule has 4 heterocycles. The van der Waals surface area contributed by atoms with Crippen LogP contribution in [-0.4, -0.2) is 64.2 Å². The predicted octanol–water partition coefficient (Wildman–Crippen LogP) is 1.89. The fourth-order valence-electron chi connectivity index (χ4n) is 5.53. The summed E-state index contributed by atoms with van der Waals surface area (Å²) < 4.78 is 9.54. The molecule has 3 aliphatic rings. The predicted molar refractivity (Wildman–Crippen MR) is 138 cm³/mol. The molecule has 3 aliphatic heterocycles. The maximum atomic E-state index is 13.1. The normalized spacial score (nSPS) is 22.5. The van der Waals surface area contributed by atoms with Gasteiger partial charge in [-0.25, -0.2) is 4.79 Å². The molecule has 9 nitrogen and oxygen atoms in total. The average Bonchev–Trinajstić information content (AvgIpc) is 3.07. The third kappa shape index (κ3) is 5.75. The van der Waals surface area contributed by atoms with Gasteiger partial charge in [0.05, 0.1) is 23.2 Å². The molecule has 1 aromatic carbocycles. The number of ether oxygens (including phenoxy) is 1. The molecule has 1 unspecified atom stereocenters. The standard InChI is InChI=1S/C24H33N5O4.2ClH/c1-27-22-16(15-28-13-9-18(10-14-28)33-17-7-11-25-12-8-17)3-2-4-19(22)29(24(27)32)20-5-6-21(30)26-23(20)31;;/h2-4,17-18,20,25H,5-15H2,1H3,(H,26,30,31);2*1H. The zero-order valence-electron chi connectivity index (χ0n) is 20.0. The van der Waals surface area contributed by atoms with E-state index in [-0.39, 0.29) is 42.8 Å². The van der Waals surface area contributed by atoms with Crippen LogP contribution in [-0.2, 0) is 27.9 Å². The van der Waals surface area contributed by atoms with Crippen molar-refractivity contribution in [3.63, 3.8) is 0 Å². The first-order valence-electron chi connectivity index (χ1n) is 12.1. The highest BCUT2D eigenvalue weighted by atomic mass is 35.5. The Hall–Kier alpha value is -1.91. The quantitative estimate of drug-likeness (QED) is 0.576. The molecule has 2 N–H and O–H groups in total. The van der Waals surface area contributed by atoms with E-state index in [1.165, 1.54) is 0 Å². The number of halogens is 2. The molecule has 3 fully saturated rings. The highest BCUT2D eigenvalue weighted by molar-refractivity contribution is 6.00. The van der Waals surface area contributed by atoms with E-state index in [1.807, 2.05) is 12.1 Å². The number of hydrogen-bond donors (Lipinski definition) is 2. The fourth-order valence-corrected chi connectivity index (χ4v) is 5.53. The SMILES string of the molecule is Cl.Cl.Cn1c(=O)n(C2CCC(=O)NC2=O)c2cccc(CN3CCC(OC4CCNCC4)CC3)c21. The van der Waals surface area contributed by atoms with Gasteiger partial charge in [0.15, 0.2) is 0 Å². The number of benzene rings is 1. The van der Waals surface area contributed by atoms with Gasteiger partial charge in [0.1, 0.15) is 6.04 Å². The van der Waals surface area contributed by atoms with Crippen molar-refractivity contribution in [2.45, 2.75) is 63.3 Å². The molecule has 2 amide bonds. The van der Waals surface area contributed by atoms with Gasteiger partial charge in [-0.1, -0.05) is 12.1 Å². The number of imidazole rings is 1. The van der Waals surface area contributed by atoms with Crippen LogP contribution in [0.25, 0.3) is 11.0 Å². The first-order chi connectivity index (χ1) is 16.0. The van der Waals surface area contributed by atoms with E-state index in [0.29, 0.717) is 18.6 Å². The monoisotopic (exact) mass is 527 g/mol. The minimum atomic E-state index is -0.656. The second kappa shape index (κ2) is 11.9. The van der Waals surface area contributed by atoms with E-state index in [1.54, 1.807) is 16.2 Å². The molecule has 0 saturated carbocycles. The minimum absolute atomic E-state index is 0. The van der Waals surface area contributed by atoms with Gasteiger partial charge in [0.25, 0.3) is 0 Å². The van der Waals surface area contributed by atoms with Gasteiger partial charge in [-0.15, -0.1) is 24.8 Å². The zero-order chi connectivity index (χ0) is 22.9. The van der Waals surface area contributed by atoms with Crippen molar-refractivity contribution in [3.8, 4) is 0 Å². The average molecular weight is 528 g/mol. The summed E-state index contributed by atoms with van der Waals surface area (Å²) in [6, 6.07) is 5.25. The van der Waals surface area contributed by atoms with Gasteiger partial charge in [0, 0.05) is 33.1 Å². The van der Waals surface area contributed by atoms with Crippen LogP contribution in [0, 0.1) is 0 Å². The molecule has 2 aromatic rings. The van der Waals surface area contributed by atoms with Crippen molar-refractivity contribution < 1.29 is 14.3 Å². The van der Waals surface area contributed by atoms with Crippen LogP contribution in [0.15, 0.2) is 23.0 Å². The van der Waals surface area contributed by atoms with Crippen molar-refractivity contribution >= 4 is 47.7 Å². The molecule has 5 rings (SSSR count). The van der Waals surface area contributed by atoms with E-state index >= 15 is 0 Å². The number of aryl methyl sites for hydroxylation is 1. The Bertz CT molecular complexity index is 1100. The van der Waals surface area contributed by atoms with Crippen molar-refractivity contribution in [3.05, 3.63) is 34.2 Å². The lowest BCUT2D eigenvalue weighted by molar-refractivity contribution is -0.135. The van der Waals surface area contributed by atoms with Crippen molar-refractivity contribution in [1.29, 1.82) is 0 Å². The van der Waals surface area contributed by atoms with Gasteiger partial charge >= 0.3 is 5.69 Å². The number of carbonyl (C=O) groups excluding carboxylic acids is 2. The Morgan fingerprint density at radius 2 is 1.66 bits per heavy atom. The van der Waals surface area contributed by atoms with Gasteiger partial charge in [-0.3, -0.25) is 28.9 Å². The van der Waals surface area contributed by atoms with Crippen molar-refractivity contribution in [1.82, 2.24) is 24.7 Å². The topological polar surface area (TPSA) is 97.6 Å². The maximum absolute atomic E-state index is 13.1. The first kappa shape index (κ1) is 27.7. The number of hydrogen-bond acceptors (Lipinski definition) is 6. The summed E-state index contributed by atoms with van der Waals surface area (Å²) in [5, 5.41) is 5.76. The van der Waals surface area contributed by atoms with Crippen LogP contribution in [0.4, 0.5) is 0 Å². The molecular weight excluding hydrogens is 493 g/mol. The van der Waals surface area contributed by atoms with Crippen LogP contribution >= 0.6 is 24.8 Å². The Morgan fingerprint density at radius 3 is 2.34 bits per heavy atom. The van der Waals surface area contributed by atoms with Gasteiger partial charge in [0.2, 0.25) is 11.8 Å². The molecular formula is C24H35Cl2N5O4. The number of amides is 2. The molecule has 0 bridgehead atoms. The van der Waals surface area contributed by atoms with Crippen LogP contribution < -0.4 is 16.3 Å². The number of fused-ring (bicyclic) bond motifs is 1. The highest BCUT2D eigenvalue weighted by Crippen LogP contribution is 2.27. The molecule has 0 spiro atoms. The van der Waals surface area contributed by atoms with Crippen molar-refractivity contribution in [2.75, 3.05) is 26.2 Å². The van der Waals surface area contributed by atoms with Crippen LogP contribution in [0.2, 0.25) is 0 Å². The lowest BCUT2D eigenvalue weighted by atomic mass is 10.0. The van der Waals surface area contributed by atoms with Gasteiger partial charge in [-0.05, 0) is 56.8 Å². The molecule has 1 atom stereocenters. The summed E-state index contributed by atoms with van der Waals surface area (Å²) >= 11 is 0. The Kier molecular flexibility index (Phi) is 9.40. The molecule has 194 valence electrons. The van der Waals surface area contributed by atoms with Crippen LogP contribution in [0.5, 0.6) is 0 Å². The summed E-state index contributed by atoms with van der Waals surface area (Å²) in [5.41, 5.74) is 2.47. The van der Waals surface area contributed by atoms with Crippen LogP contribution in [0.3, 0.4) is 0 Å². The van der Waals surface area contributed by atoms with E-state index in [0.717, 1.165) is 75.0 Å². The summed E-state index contributed by atoms with van der Waals surface area (Å²) in [4.78, 5) is 39.6. The number of carbonyl (C=O) groups is 2. The van der Waals surface area contributed by atoms with E-state index < -0.39 is 11.9 Å². The Balaban J connectivity index is 0.00000171. The lowest BCUT2D eigenvalue weighted by Gasteiger charge is -2.35. The second-order valence-electron chi connectivity index (χ2n) is 9.52. The number of likely N-dealkylation sites (tertiary alicyclic amines) is 1. The second-order valence-corrected chi connectivity index (χ2v) is 9.52. The Morgan fingerprint density at radius 1 is 0.971 bits per heavy atom. The van der Waals surface area contributed by atoms with E-state index in [9.17, 15) is 14.4 Å². The van der Waals surface area contributed by atoms with Crippen LogP contribution in [0.1, 0.15) is 50.1 Å². The zero-order valence-corrected chi connectivity index (χ0v) is 21.7. The molecule has 0 radical (unpaired) electrons. The highest BCUT2D eigenvalue weighted by Gasteiger charge is 2.32. The smallest absolute Gasteiger partial charge is 0.329 e.